The fraction of sp³-hybridized carbons (Fsp3) is 0.600. The van der Waals surface area contributed by atoms with Gasteiger partial charge in [0.05, 0.1) is 0 Å². The number of phenols is 1. The average molecular weight is 248 g/mol. The van der Waals surface area contributed by atoms with Crippen molar-refractivity contribution < 1.29 is 5.11 Å². The Morgan fingerprint density at radius 1 is 1.39 bits per heavy atom. The molecule has 18 heavy (non-hydrogen) atoms. The first-order valence-corrected chi connectivity index (χ1v) is 6.86. The molecule has 2 rings (SSSR count). The van der Waals surface area contributed by atoms with Gasteiger partial charge in [-0.1, -0.05) is 12.1 Å². The third kappa shape index (κ3) is 3.03. The van der Waals surface area contributed by atoms with Gasteiger partial charge in [-0.3, -0.25) is 4.90 Å². The summed E-state index contributed by atoms with van der Waals surface area (Å²) in [6.07, 6.45) is 2.45. The smallest absolute Gasteiger partial charge is 0.115 e. The predicted octanol–water partition coefficient (Wildman–Crippen LogP) is 2.51. The van der Waals surface area contributed by atoms with E-state index in [0.717, 1.165) is 13.1 Å². The van der Waals surface area contributed by atoms with Crippen molar-refractivity contribution in [2.24, 2.45) is 11.7 Å². The van der Waals surface area contributed by atoms with Crippen molar-refractivity contribution >= 4 is 0 Å². The zero-order valence-electron chi connectivity index (χ0n) is 11.3. The van der Waals surface area contributed by atoms with Crippen LogP contribution in [0.15, 0.2) is 24.3 Å². The van der Waals surface area contributed by atoms with Crippen LogP contribution in [0.1, 0.15) is 38.3 Å². The van der Waals surface area contributed by atoms with E-state index in [9.17, 15) is 5.11 Å². The van der Waals surface area contributed by atoms with Crippen LogP contribution in [0.2, 0.25) is 0 Å². The molecule has 3 nitrogen and oxygen atoms in total. The summed E-state index contributed by atoms with van der Waals surface area (Å²) in [5, 5.41) is 9.56. The molecule has 100 valence electrons. The summed E-state index contributed by atoms with van der Waals surface area (Å²) in [5.74, 6) is 0.943. The second kappa shape index (κ2) is 5.72. The van der Waals surface area contributed by atoms with Crippen LogP contribution in [0.4, 0.5) is 0 Å². The maximum absolute atomic E-state index is 9.56. The lowest BCUT2D eigenvalue weighted by molar-refractivity contribution is 0.121. The summed E-state index contributed by atoms with van der Waals surface area (Å²) in [6, 6.07) is 8.19. The van der Waals surface area contributed by atoms with E-state index in [0.29, 0.717) is 17.7 Å². The number of nitrogens with two attached hydrogens (primary N) is 1. The molecular formula is C15H24N2O. The van der Waals surface area contributed by atoms with E-state index < -0.39 is 0 Å². The van der Waals surface area contributed by atoms with E-state index in [2.05, 4.69) is 24.8 Å². The van der Waals surface area contributed by atoms with Crippen molar-refractivity contribution in [2.75, 3.05) is 13.1 Å². The number of hydrogen-bond acceptors (Lipinski definition) is 3. The first kappa shape index (κ1) is 13.4. The summed E-state index contributed by atoms with van der Waals surface area (Å²) in [4.78, 5) is 2.48. The Balaban J connectivity index is 2.06. The molecule has 1 aromatic carbocycles. The van der Waals surface area contributed by atoms with Gasteiger partial charge in [0.1, 0.15) is 5.75 Å². The fourth-order valence-electron chi connectivity index (χ4n) is 2.82. The van der Waals surface area contributed by atoms with Crippen molar-refractivity contribution in [2.45, 2.75) is 38.8 Å². The lowest BCUT2D eigenvalue weighted by Crippen LogP contribution is -2.43. The number of aromatic hydroxyl groups is 1. The highest BCUT2D eigenvalue weighted by Crippen LogP contribution is 2.28. The number of rotatable bonds is 3. The molecule has 0 radical (unpaired) electrons. The first-order chi connectivity index (χ1) is 8.58. The molecule has 0 spiro atoms. The van der Waals surface area contributed by atoms with Crippen molar-refractivity contribution in [1.82, 2.24) is 4.90 Å². The lowest BCUT2D eigenvalue weighted by Gasteiger charge is -2.38. The van der Waals surface area contributed by atoms with E-state index in [-0.39, 0.29) is 6.04 Å². The molecule has 3 atom stereocenters. The summed E-state index contributed by atoms with van der Waals surface area (Å²) >= 11 is 0. The Bertz CT molecular complexity index is 392. The van der Waals surface area contributed by atoms with Gasteiger partial charge in [-0.05, 0) is 56.8 Å². The molecule has 3 unspecified atom stereocenters. The van der Waals surface area contributed by atoms with Gasteiger partial charge in [0.25, 0.3) is 0 Å². The zero-order valence-corrected chi connectivity index (χ0v) is 11.3. The van der Waals surface area contributed by atoms with Crippen molar-refractivity contribution in [3.63, 3.8) is 0 Å². The molecular weight excluding hydrogens is 224 g/mol. The molecule has 0 bridgehead atoms. The third-order valence-electron chi connectivity index (χ3n) is 4.13. The molecule has 0 aliphatic carbocycles. The maximum atomic E-state index is 9.56. The van der Waals surface area contributed by atoms with Crippen LogP contribution in [0.25, 0.3) is 0 Å². The molecule has 1 saturated heterocycles. The Morgan fingerprint density at radius 3 is 2.83 bits per heavy atom. The Morgan fingerprint density at radius 2 is 2.17 bits per heavy atom. The topological polar surface area (TPSA) is 49.5 Å². The Hall–Kier alpha value is -1.06. The number of hydrogen-bond donors (Lipinski definition) is 2. The van der Waals surface area contributed by atoms with Gasteiger partial charge in [-0.2, -0.15) is 0 Å². The van der Waals surface area contributed by atoms with Crippen LogP contribution in [0.3, 0.4) is 0 Å². The second-order valence-corrected chi connectivity index (χ2v) is 5.53. The standard InChI is InChI=1S/C15H24N2O/c1-11(16)14-6-4-8-17(10-14)12(2)13-5-3-7-15(18)9-13/h3,5,7,9,11-12,14,18H,4,6,8,10,16H2,1-2H3. The third-order valence-corrected chi connectivity index (χ3v) is 4.13. The van der Waals surface area contributed by atoms with E-state index in [4.69, 9.17) is 5.73 Å². The van der Waals surface area contributed by atoms with E-state index in [1.54, 1.807) is 6.07 Å². The molecule has 0 saturated carbocycles. The summed E-state index contributed by atoms with van der Waals surface area (Å²) in [7, 11) is 0. The number of nitrogens with zero attached hydrogens (tertiary/aromatic N) is 1. The van der Waals surface area contributed by atoms with Crippen molar-refractivity contribution in [1.29, 1.82) is 0 Å². The average Bonchev–Trinajstić information content (AvgIpc) is 2.38. The fourth-order valence-corrected chi connectivity index (χ4v) is 2.82. The number of piperidine rings is 1. The van der Waals surface area contributed by atoms with Gasteiger partial charge in [0, 0.05) is 18.6 Å². The van der Waals surface area contributed by atoms with Gasteiger partial charge >= 0.3 is 0 Å². The number of phenolic OH excluding ortho intramolecular Hbond substituents is 1. The first-order valence-electron chi connectivity index (χ1n) is 6.86. The minimum Gasteiger partial charge on any atom is -0.508 e. The summed E-state index contributed by atoms with van der Waals surface area (Å²) in [6.45, 7) is 6.50. The number of likely N-dealkylation sites (tertiary alicyclic amines) is 1. The molecule has 0 amide bonds. The molecule has 3 N–H and O–H groups in total. The highest BCUT2D eigenvalue weighted by Gasteiger charge is 2.26. The highest BCUT2D eigenvalue weighted by molar-refractivity contribution is 5.29. The van der Waals surface area contributed by atoms with Gasteiger partial charge < -0.3 is 10.8 Å². The van der Waals surface area contributed by atoms with Crippen molar-refractivity contribution in [3.8, 4) is 5.75 Å². The van der Waals surface area contributed by atoms with Crippen LogP contribution < -0.4 is 5.73 Å². The van der Waals surface area contributed by atoms with Crippen LogP contribution in [0.5, 0.6) is 5.75 Å². The minimum atomic E-state index is 0.268. The predicted molar refractivity (Wildman–Crippen MR) is 74.5 cm³/mol. The quantitative estimate of drug-likeness (QED) is 0.864. The maximum Gasteiger partial charge on any atom is 0.115 e. The second-order valence-electron chi connectivity index (χ2n) is 5.53. The van der Waals surface area contributed by atoms with Crippen LogP contribution in [0, 0.1) is 5.92 Å². The highest BCUT2D eigenvalue weighted by atomic mass is 16.3. The Labute approximate surface area is 110 Å². The molecule has 1 aliphatic heterocycles. The van der Waals surface area contributed by atoms with E-state index >= 15 is 0 Å². The van der Waals surface area contributed by atoms with Crippen molar-refractivity contribution in [3.05, 3.63) is 29.8 Å². The molecule has 1 aliphatic rings. The summed E-state index contributed by atoms with van der Waals surface area (Å²) in [5.41, 5.74) is 7.21. The molecule has 0 aromatic heterocycles. The van der Waals surface area contributed by atoms with Gasteiger partial charge in [0.2, 0.25) is 0 Å². The minimum absolute atomic E-state index is 0.268. The van der Waals surface area contributed by atoms with Crippen LogP contribution in [-0.4, -0.2) is 29.1 Å². The Kier molecular flexibility index (Phi) is 4.25. The lowest BCUT2D eigenvalue weighted by atomic mass is 9.90. The summed E-state index contributed by atoms with van der Waals surface area (Å²) < 4.78 is 0. The molecule has 3 heteroatoms. The normalized spacial score (nSPS) is 24.7. The van der Waals surface area contributed by atoms with Crippen LogP contribution >= 0.6 is 0 Å². The van der Waals surface area contributed by atoms with Crippen LogP contribution in [-0.2, 0) is 0 Å². The van der Waals surface area contributed by atoms with E-state index in [1.165, 1.54) is 18.4 Å². The monoisotopic (exact) mass is 248 g/mol. The van der Waals surface area contributed by atoms with E-state index in [1.807, 2.05) is 12.1 Å². The molecule has 1 heterocycles. The SMILES string of the molecule is CC(N)C1CCCN(C(C)c2cccc(O)c2)C1. The van der Waals surface area contributed by atoms with Gasteiger partial charge in [0.15, 0.2) is 0 Å². The largest absolute Gasteiger partial charge is 0.508 e. The van der Waals surface area contributed by atoms with Gasteiger partial charge in [-0.15, -0.1) is 0 Å². The zero-order chi connectivity index (χ0) is 13.1. The van der Waals surface area contributed by atoms with Gasteiger partial charge in [-0.25, -0.2) is 0 Å². The number of benzene rings is 1. The molecule has 1 aromatic rings. The molecule has 1 fully saturated rings.